The van der Waals surface area contributed by atoms with Gasteiger partial charge in [-0.3, -0.25) is 4.79 Å². The predicted molar refractivity (Wildman–Crippen MR) is 56.3 cm³/mol. The van der Waals surface area contributed by atoms with E-state index in [9.17, 15) is 9.18 Å². The Kier molecular flexibility index (Phi) is 2.15. The van der Waals surface area contributed by atoms with Crippen LogP contribution in [0.15, 0.2) is 18.2 Å². The zero-order valence-corrected chi connectivity index (χ0v) is 8.88. The predicted octanol–water partition coefficient (Wildman–Crippen LogP) is 2.02. The van der Waals surface area contributed by atoms with Gasteiger partial charge in [0.1, 0.15) is 5.82 Å². The quantitative estimate of drug-likeness (QED) is 0.707. The molecule has 1 atom stereocenters. The summed E-state index contributed by atoms with van der Waals surface area (Å²) in [5, 5.41) is 0. The van der Waals surface area contributed by atoms with Crippen LogP contribution in [-0.2, 0) is 5.41 Å². The first-order chi connectivity index (χ1) is 6.92. The fourth-order valence-corrected chi connectivity index (χ4v) is 2.26. The molecule has 1 aliphatic carbocycles. The van der Waals surface area contributed by atoms with Gasteiger partial charge in [0.05, 0.1) is 6.04 Å². The standard InChI is InChI=1S/C12H14FNO/c1-12(2)6-10(14)11(15)8-5-7(13)3-4-9(8)12/h3-5,10H,6,14H2,1-2H3. The molecule has 0 saturated carbocycles. The molecule has 0 fully saturated rings. The topological polar surface area (TPSA) is 43.1 Å². The van der Waals surface area contributed by atoms with Crippen LogP contribution in [0.1, 0.15) is 36.2 Å². The largest absolute Gasteiger partial charge is 0.321 e. The van der Waals surface area contributed by atoms with Crippen LogP contribution in [0.5, 0.6) is 0 Å². The summed E-state index contributed by atoms with van der Waals surface area (Å²) in [4.78, 5) is 11.8. The molecule has 0 heterocycles. The minimum atomic E-state index is -0.505. The van der Waals surface area contributed by atoms with E-state index in [1.807, 2.05) is 13.8 Å². The number of rotatable bonds is 0. The lowest BCUT2D eigenvalue weighted by atomic mass is 9.70. The molecule has 1 aromatic carbocycles. The van der Waals surface area contributed by atoms with Crippen molar-refractivity contribution in [1.82, 2.24) is 0 Å². The Labute approximate surface area is 88.3 Å². The van der Waals surface area contributed by atoms with Gasteiger partial charge in [0.15, 0.2) is 5.78 Å². The summed E-state index contributed by atoms with van der Waals surface area (Å²) in [7, 11) is 0. The fraction of sp³-hybridized carbons (Fsp3) is 0.417. The molecular weight excluding hydrogens is 193 g/mol. The van der Waals surface area contributed by atoms with Crippen LogP contribution in [0.4, 0.5) is 4.39 Å². The zero-order valence-electron chi connectivity index (χ0n) is 8.88. The van der Waals surface area contributed by atoms with Gasteiger partial charge in [0, 0.05) is 5.56 Å². The number of fused-ring (bicyclic) bond motifs is 1. The lowest BCUT2D eigenvalue weighted by Gasteiger charge is -2.34. The molecule has 1 aliphatic rings. The average Bonchev–Trinajstić information content (AvgIpc) is 2.13. The van der Waals surface area contributed by atoms with Crippen molar-refractivity contribution in [2.45, 2.75) is 31.7 Å². The summed E-state index contributed by atoms with van der Waals surface area (Å²) >= 11 is 0. The summed E-state index contributed by atoms with van der Waals surface area (Å²) in [6.07, 6.45) is 0.616. The van der Waals surface area contributed by atoms with E-state index in [0.717, 1.165) is 5.56 Å². The molecule has 0 radical (unpaired) electrons. The second-order valence-electron chi connectivity index (χ2n) is 4.75. The highest BCUT2D eigenvalue weighted by molar-refractivity contribution is 6.02. The van der Waals surface area contributed by atoms with Gasteiger partial charge in [-0.1, -0.05) is 19.9 Å². The van der Waals surface area contributed by atoms with Crippen molar-refractivity contribution in [1.29, 1.82) is 0 Å². The van der Waals surface area contributed by atoms with Crippen LogP contribution >= 0.6 is 0 Å². The van der Waals surface area contributed by atoms with Crippen LogP contribution in [0, 0.1) is 5.82 Å². The molecule has 0 aliphatic heterocycles. The molecule has 15 heavy (non-hydrogen) atoms. The summed E-state index contributed by atoms with van der Waals surface area (Å²) in [5.41, 5.74) is 6.93. The monoisotopic (exact) mass is 207 g/mol. The number of benzene rings is 1. The molecule has 3 heteroatoms. The Bertz CT molecular complexity index is 426. The number of carbonyl (C=O) groups excluding carboxylic acids is 1. The highest BCUT2D eigenvalue weighted by atomic mass is 19.1. The van der Waals surface area contributed by atoms with Crippen LogP contribution < -0.4 is 5.73 Å². The van der Waals surface area contributed by atoms with Crippen molar-refractivity contribution in [3.8, 4) is 0 Å². The Morgan fingerprint density at radius 1 is 1.47 bits per heavy atom. The number of ketones is 1. The van der Waals surface area contributed by atoms with E-state index in [4.69, 9.17) is 5.73 Å². The van der Waals surface area contributed by atoms with Gasteiger partial charge < -0.3 is 5.73 Å². The molecule has 0 spiro atoms. The second kappa shape index (κ2) is 3.14. The maximum absolute atomic E-state index is 13.1. The van der Waals surface area contributed by atoms with E-state index in [-0.39, 0.29) is 17.0 Å². The van der Waals surface area contributed by atoms with E-state index in [0.29, 0.717) is 12.0 Å². The summed E-state index contributed by atoms with van der Waals surface area (Å²) in [5.74, 6) is -0.532. The summed E-state index contributed by atoms with van der Waals surface area (Å²) < 4.78 is 13.1. The molecule has 0 aromatic heterocycles. The number of halogens is 1. The molecule has 2 N–H and O–H groups in total. The van der Waals surface area contributed by atoms with Gasteiger partial charge in [-0.25, -0.2) is 4.39 Å². The SMILES string of the molecule is CC1(C)CC(N)C(=O)c2cc(F)ccc21. The van der Waals surface area contributed by atoms with Crippen molar-refractivity contribution in [3.63, 3.8) is 0 Å². The van der Waals surface area contributed by atoms with Crippen molar-refractivity contribution >= 4 is 5.78 Å². The molecule has 2 rings (SSSR count). The first-order valence-electron chi connectivity index (χ1n) is 5.01. The van der Waals surface area contributed by atoms with E-state index < -0.39 is 6.04 Å². The van der Waals surface area contributed by atoms with E-state index >= 15 is 0 Å². The van der Waals surface area contributed by atoms with Crippen LogP contribution in [-0.4, -0.2) is 11.8 Å². The number of hydrogen-bond acceptors (Lipinski definition) is 2. The highest BCUT2D eigenvalue weighted by Gasteiger charge is 2.36. The molecule has 0 saturated heterocycles. The molecule has 1 aromatic rings. The summed E-state index contributed by atoms with van der Waals surface area (Å²) in [6.45, 7) is 4.05. The van der Waals surface area contributed by atoms with Crippen LogP contribution in [0.2, 0.25) is 0 Å². The number of carbonyl (C=O) groups is 1. The van der Waals surface area contributed by atoms with Crippen LogP contribution in [0.3, 0.4) is 0 Å². The third-order valence-electron chi connectivity index (χ3n) is 3.04. The van der Waals surface area contributed by atoms with E-state index in [1.54, 1.807) is 6.07 Å². The average molecular weight is 207 g/mol. The Morgan fingerprint density at radius 2 is 2.13 bits per heavy atom. The molecule has 80 valence electrons. The molecule has 0 amide bonds. The lowest BCUT2D eigenvalue weighted by Crippen LogP contribution is -2.43. The lowest BCUT2D eigenvalue weighted by molar-refractivity contribution is 0.0928. The molecule has 1 unspecified atom stereocenters. The van der Waals surface area contributed by atoms with Gasteiger partial charge in [-0.15, -0.1) is 0 Å². The van der Waals surface area contributed by atoms with Gasteiger partial charge in [-0.05, 0) is 29.5 Å². The van der Waals surface area contributed by atoms with Gasteiger partial charge in [0.2, 0.25) is 0 Å². The van der Waals surface area contributed by atoms with E-state index in [2.05, 4.69) is 0 Å². The zero-order chi connectivity index (χ0) is 11.2. The van der Waals surface area contributed by atoms with Crippen molar-refractivity contribution in [3.05, 3.63) is 35.1 Å². The summed E-state index contributed by atoms with van der Waals surface area (Å²) in [6, 6.07) is 3.87. The van der Waals surface area contributed by atoms with E-state index in [1.165, 1.54) is 12.1 Å². The maximum Gasteiger partial charge on any atom is 0.179 e. The van der Waals surface area contributed by atoms with Gasteiger partial charge in [0.25, 0.3) is 0 Å². The van der Waals surface area contributed by atoms with Crippen molar-refractivity contribution in [2.24, 2.45) is 5.73 Å². The molecular formula is C12H14FNO. The first-order valence-corrected chi connectivity index (χ1v) is 5.01. The number of nitrogens with two attached hydrogens (primary N) is 1. The normalized spacial score (nSPS) is 23.7. The third kappa shape index (κ3) is 1.57. The van der Waals surface area contributed by atoms with Crippen LogP contribution in [0.25, 0.3) is 0 Å². The van der Waals surface area contributed by atoms with Gasteiger partial charge in [-0.2, -0.15) is 0 Å². The van der Waals surface area contributed by atoms with Gasteiger partial charge >= 0.3 is 0 Å². The Hall–Kier alpha value is -1.22. The van der Waals surface area contributed by atoms with Crippen molar-refractivity contribution in [2.75, 3.05) is 0 Å². The minimum absolute atomic E-state index is 0.149. The highest BCUT2D eigenvalue weighted by Crippen LogP contribution is 2.36. The minimum Gasteiger partial charge on any atom is -0.321 e. The molecule has 0 bridgehead atoms. The number of hydrogen-bond donors (Lipinski definition) is 1. The Balaban J connectivity index is 2.64. The third-order valence-corrected chi connectivity index (χ3v) is 3.04. The second-order valence-corrected chi connectivity index (χ2v) is 4.75. The smallest absolute Gasteiger partial charge is 0.179 e. The maximum atomic E-state index is 13.1. The fourth-order valence-electron chi connectivity index (χ4n) is 2.26. The van der Waals surface area contributed by atoms with Crippen molar-refractivity contribution < 1.29 is 9.18 Å². The number of Topliss-reactive ketones (excluding diaryl/α,β-unsaturated/α-hetero) is 1. The first kappa shape index (κ1) is 10.3. The Morgan fingerprint density at radius 3 is 2.80 bits per heavy atom. The molecule has 2 nitrogen and oxygen atoms in total.